The van der Waals surface area contributed by atoms with Crippen molar-refractivity contribution in [3.8, 4) is 11.5 Å². The Morgan fingerprint density at radius 2 is 1.75 bits per heavy atom. The molecule has 0 spiro atoms. The Morgan fingerprint density at radius 3 is 2.42 bits per heavy atom. The zero-order valence-corrected chi connectivity index (χ0v) is 13.2. The van der Waals surface area contributed by atoms with Crippen LogP contribution in [0.5, 0.6) is 11.5 Å². The lowest BCUT2D eigenvalue weighted by Crippen LogP contribution is -1.93. The van der Waals surface area contributed by atoms with Gasteiger partial charge in [0.1, 0.15) is 17.3 Å². The van der Waals surface area contributed by atoms with Gasteiger partial charge in [-0.3, -0.25) is 4.98 Å². The number of pyridine rings is 1. The lowest BCUT2D eigenvalue weighted by molar-refractivity contribution is -0.191. The minimum Gasteiger partial charge on any atom is -0.456 e. The number of anilines is 1. The van der Waals surface area contributed by atoms with E-state index < -0.39 is 5.82 Å². The second-order valence-corrected chi connectivity index (χ2v) is 5.13. The summed E-state index contributed by atoms with van der Waals surface area (Å²) in [4.78, 5) is 20.6. The molecule has 2 N–H and O–H groups in total. The molecule has 0 aliphatic heterocycles. The van der Waals surface area contributed by atoms with E-state index in [1.807, 2.05) is 26.0 Å². The fourth-order valence-corrected chi connectivity index (χ4v) is 2.17. The molecule has 0 atom stereocenters. The fraction of sp³-hybridized carbons (Fsp3) is 0.111. The lowest BCUT2D eigenvalue weighted by atomic mass is 10.1. The van der Waals surface area contributed by atoms with Gasteiger partial charge in [-0.25, -0.2) is 4.39 Å². The quantitative estimate of drug-likeness (QED) is 0.725. The van der Waals surface area contributed by atoms with Crippen molar-refractivity contribution in [1.29, 1.82) is 0 Å². The van der Waals surface area contributed by atoms with E-state index in [1.54, 1.807) is 18.3 Å². The van der Waals surface area contributed by atoms with Crippen LogP contribution in [-0.4, -0.2) is 11.1 Å². The number of hydrogen-bond donors (Lipinski definition) is 1. The normalized spacial score (nSPS) is 9.79. The molecule has 0 saturated carbocycles. The molecule has 0 bridgehead atoms. The third-order valence-corrected chi connectivity index (χ3v) is 3.52. The Kier molecular flexibility index (Phi) is 5.24. The number of aromatic nitrogens is 1. The van der Waals surface area contributed by atoms with Crippen LogP contribution in [0.25, 0.3) is 10.9 Å². The second-order valence-electron chi connectivity index (χ2n) is 5.13. The van der Waals surface area contributed by atoms with E-state index in [9.17, 15) is 4.39 Å². The lowest BCUT2D eigenvalue weighted by Gasteiger charge is -2.11. The smallest absolute Gasteiger partial charge is 0.373 e. The van der Waals surface area contributed by atoms with Crippen LogP contribution in [0, 0.1) is 19.7 Å². The van der Waals surface area contributed by atoms with Crippen molar-refractivity contribution in [3.05, 3.63) is 59.5 Å². The van der Waals surface area contributed by atoms with Gasteiger partial charge in [0, 0.05) is 17.6 Å². The molecule has 1 aromatic heterocycles. The number of nitrogens with zero attached hydrogens (tertiary/aromatic N) is 1. The number of nitrogens with two attached hydrogens (primary N) is 1. The Morgan fingerprint density at radius 1 is 1.08 bits per heavy atom. The summed E-state index contributed by atoms with van der Waals surface area (Å²) in [6.45, 7) is 4.08. The van der Waals surface area contributed by atoms with E-state index >= 15 is 0 Å². The minimum atomic E-state index is -0.488. The van der Waals surface area contributed by atoms with Gasteiger partial charge in [0.25, 0.3) is 0 Å². The highest BCUT2D eigenvalue weighted by Crippen LogP contribution is 2.31. The number of halogens is 1. The highest BCUT2D eigenvalue weighted by Gasteiger charge is 2.08. The Bertz CT molecular complexity index is 920. The molecular formula is C18H15FN2O3. The molecule has 3 rings (SSSR count). The van der Waals surface area contributed by atoms with Crippen LogP contribution in [0.2, 0.25) is 0 Å². The first kappa shape index (κ1) is 17.1. The molecule has 24 heavy (non-hydrogen) atoms. The van der Waals surface area contributed by atoms with Gasteiger partial charge in [-0.2, -0.15) is 9.59 Å². The molecule has 0 saturated heterocycles. The van der Waals surface area contributed by atoms with Crippen molar-refractivity contribution in [1.82, 2.24) is 4.98 Å². The molecule has 3 aromatic rings. The molecule has 1 heterocycles. The van der Waals surface area contributed by atoms with Crippen molar-refractivity contribution >= 4 is 22.7 Å². The number of benzene rings is 2. The summed E-state index contributed by atoms with van der Waals surface area (Å²) in [5, 5.41) is 0.901. The second kappa shape index (κ2) is 7.35. The Hall–Kier alpha value is -3.24. The van der Waals surface area contributed by atoms with Crippen molar-refractivity contribution in [2.45, 2.75) is 13.8 Å². The zero-order valence-electron chi connectivity index (χ0n) is 13.2. The molecule has 0 unspecified atom stereocenters. The first-order valence-corrected chi connectivity index (χ1v) is 7.04. The van der Waals surface area contributed by atoms with Gasteiger partial charge >= 0.3 is 6.15 Å². The van der Waals surface area contributed by atoms with Crippen molar-refractivity contribution in [3.63, 3.8) is 0 Å². The van der Waals surface area contributed by atoms with Crippen molar-refractivity contribution in [2.75, 3.05) is 5.73 Å². The predicted octanol–water partition coefficient (Wildman–Crippen LogP) is 3.78. The highest BCUT2D eigenvalue weighted by molar-refractivity contribution is 5.86. The van der Waals surface area contributed by atoms with E-state index in [4.69, 9.17) is 20.1 Å². The van der Waals surface area contributed by atoms with Crippen LogP contribution < -0.4 is 10.5 Å². The summed E-state index contributed by atoms with van der Waals surface area (Å²) in [6.07, 6.45) is 1.93. The Labute approximate surface area is 137 Å². The van der Waals surface area contributed by atoms with Gasteiger partial charge < -0.3 is 10.5 Å². The topological polar surface area (TPSA) is 82.3 Å². The van der Waals surface area contributed by atoms with Gasteiger partial charge in [-0.15, -0.1) is 0 Å². The zero-order chi connectivity index (χ0) is 17.7. The van der Waals surface area contributed by atoms with Gasteiger partial charge in [-0.1, -0.05) is 0 Å². The molecule has 0 aliphatic rings. The Balaban J connectivity index is 0.000000647. The van der Waals surface area contributed by atoms with Crippen LogP contribution in [0.3, 0.4) is 0 Å². The molecule has 0 amide bonds. The molecule has 0 fully saturated rings. The number of aryl methyl sites for hydroxylation is 2. The third kappa shape index (κ3) is 3.74. The molecule has 2 aromatic carbocycles. The van der Waals surface area contributed by atoms with Crippen LogP contribution in [0.4, 0.5) is 10.1 Å². The van der Waals surface area contributed by atoms with E-state index in [-0.39, 0.29) is 11.8 Å². The van der Waals surface area contributed by atoms with Crippen LogP contribution >= 0.6 is 0 Å². The van der Waals surface area contributed by atoms with E-state index in [0.717, 1.165) is 16.5 Å². The van der Waals surface area contributed by atoms with Gasteiger partial charge in [-0.05, 0) is 55.3 Å². The summed E-state index contributed by atoms with van der Waals surface area (Å²) >= 11 is 0. The number of nitrogen functional groups attached to an aromatic ring is 1. The molecule has 122 valence electrons. The standard InChI is InChI=1S/C17H15FN2O.CO2/c1-10-7-13-16(8-11(10)2)20-6-5-17(13)21-12-3-4-15(19)14(18)9-12;2-1-3/h3-9H,19H2,1-2H3;. The third-order valence-electron chi connectivity index (χ3n) is 3.52. The van der Waals surface area contributed by atoms with Crippen LogP contribution in [0.1, 0.15) is 11.1 Å². The number of carbonyl (C=O) groups excluding carboxylic acids is 2. The van der Waals surface area contributed by atoms with E-state index in [0.29, 0.717) is 11.5 Å². The number of rotatable bonds is 2. The predicted molar refractivity (Wildman–Crippen MR) is 87.1 cm³/mol. The fourth-order valence-electron chi connectivity index (χ4n) is 2.17. The maximum atomic E-state index is 13.5. The van der Waals surface area contributed by atoms with Gasteiger partial charge in [0.05, 0.1) is 11.2 Å². The monoisotopic (exact) mass is 326 g/mol. The maximum absolute atomic E-state index is 13.5. The number of ether oxygens (including phenoxy) is 1. The number of fused-ring (bicyclic) bond motifs is 1. The molecular weight excluding hydrogens is 311 g/mol. The molecule has 6 heteroatoms. The molecule has 0 radical (unpaired) electrons. The van der Waals surface area contributed by atoms with Gasteiger partial charge in [0.2, 0.25) is 0 Å². The first-order valence-electron chi connectivity index (χ1n) is 7.04. The average molecular weight is 326 g/mol. The first-order chi connectivity index (χ1) is 11.5. The largest absolute Gasteiger partial charge is 0.456 e. The summed E-state index contributed by atoms with van der Waals surface area (Å²) in [7, 11) is 0. The maximum Gasteiger partial charge on any atom is 0.373 e. The van der Waals surface area contributed by atoms with Crippen LogP contribution in [-0.2, 0) is 9.59 Å². The summed E-state index contributed by atoms with van der Waals surface area (Å²) in [6, 6.07) is 10.2. The van der Waals surface area contributed by atoms with Crippen LogP contribution in [0.15, 0.2) is 42.6 Å². The number of hydrogen-bond acceptors (Lipinski definition) is 5. The van der Waals surface area contributed by atoms with Gasteiger partial charge in [0.15, 0.2) is 0 Å². The highest BCUT2D eigenvalue weighted by atomic mass is 19.1. The van der Waals surface area contributed by atoms with E-state index in [1.165, 1.54) is 17.7 Å². The molecule has 5 nitrogen and oxygen atoms in total. The van der Waals surface area contributed by atoms with E-state index in [2.05, 4.69) is 4.98 Å². The summed E-state index contributed by atoms with van der Waals surface area (Å²) in [5.74, 6) is 0.567. The minimum absolute atomic E-state index is 0.105. The summed E-state index contributed by atoms with van der Waals surface area (Å²) < 4.78 is 19.3. The summed E-state index contributed by atoms with van der Waals surface area (Å²) in [5.41, 5.74) is 8.76. The van der Waals surface area contributed by atoms with Crippen molar-refractivity contribution in [2.24, 2.45) is 0 Å². The SMILES string of the molecule is Cc1cc2nccc(Oc3ccc(N)c(F)c3)c2cc1C.O=C=O. The average Bonchev–Trinajstić information content (AvgIpc) is 2.54. The van der Waals surface area contributed by atoms with Crippen molar-refractivity contribution < 1.29 is 18.7 Å². The molecule has 0 aliphatic carbocycles.